The van der Waals surface area contributed by atoms with Crippen LogP contribution in [0.2, 0.25) is 0 Å². The Hall–Kier alpha value is -1.60. The smallest absolute Gasteiger partial charge is 0.225 e. The molecule has 2 aliphatic rings. The number of rotatable bonds is 4. The Balaban J connectivity index is 1.56. The molecule has 0 unspecified atom stereocenters. The molecule has 2 fully saturated rings. The molecule has 0 aliphatic carbocycles. The molecule has 1 aromatic rings. The van der Waals surface area contributed by atoms with E-state index in [0.717, 1.165) is 24.8 Å². The van der Waals surface area contributed by atoms with E-state index >= 15 is 0 Å². The maximum atomic E-state index is 5.79. The van der Waals surface area contributed by atoms with E-state index in [4.69, 9.17) is 10.5 Å². The first-order valence-electron chi connectivity index (χ1n) is 8.93. The summed E-state index contributed by atoms with van der Waals surface area (Å²) in [7, 11) is 3.82. The van der Waals surface area contributed by atoms with Crippen molar-refractivity contribution < 1.29 is 4.74 Å². The first-order chi connectivity index (χ1) is 11.6. The van der Waals surface area contributed by atoms with Gasteiger partial charge in [-0.2, -0.15) is 9.97 Å². The predicted octanol–water partition coefficient (Wildman–Crippen LogP) is 0.920. The van der Waals surface area contributed by atoms with Gasteiger partial charge in [0.25, 0.3) is 0 Å². The molecule has 2 aliphatic heterocycles. The lowest BCUT2D eigenvalue weighted by atomic mass is 9.89. The molecule has 1 atom stereocenters. The summed E-state index contributed by atoms with van der Waals surface area (Å²) < 4.78 is 5.21. The average molecular weight is 334 g/mol. The van der Waals surface area contributed by atoms with Crippen molar-refractivity contribution in [2.24, 2.45) is 5.92 Å². The van der Waals surface area contributed by atoms with Gasteiger partial charge in [-0.3, -0.25) is 4.90 Å². The lowest BCUT2D eigenvalue weighted by Crippen LogP contribution is -2.51. The Morgan fingerprint density at radius 3 is 2.42 bits per heavy atom. The van der Waals surface area contributed by atoms with Crippen LogP contribution in [0.25, 0.3) is 0 Å². The molecule has 24 heavy (non-hydrogen) atoms. The van der Waals surface area contributed by atoms with E-state index in [9.17, 15) is 0 Å². The van der Waals surface area contributed by atoms with Gasteiger partial charge in [0, 0.05) is 51.4 Å². The lowest BCUT2D eigenvalue weighted by Gasteiger charge is -2.42. The summed E-state index contributed by atoms with van der Waals surface area (Å²) in [6, 6.07) is 2.53. The third kappa shape index (κ3) is 3.89. The third-order valence-corrected chi connectivity index (χ3v) is 5.58. The number of methoxy groups -OCH3 is 1. The molecule has 3 rings (SSSR count). The van der Waals surface area contributed by atoms with Gasteiger partial charge in [-0.25, -0.2) is 0 Å². The summed E-state index contributed by atoms with van der Waals surface area (Å²) in [6.45, 7) is 9.18. The van der Waals surface area contributed by atoms with E-state index in [1.807, 2.05) is 6.07 Å². The summed E-state index contributed by atoms with van der Waals surface area (Å²) in [5, 5.41) is 0. The van der Waals surface area contributed by atoms with E-state index in [1.165, 1.54) is 39.0 Å². The summed E-state index contributed by atoms with van der Waals surface area (Å²) in [5.74, 6) is 2.44. The molecule has 0 bridgehead atoms. The number of anilines is 2. The molecule has 0 amide bonds. The number of hydrogen-bond donors (Lipinski definition) is 1. The Bertz CT molecular complexity index is 538. The SMILES string of the molecule is COc1cc(N2CCC([C@H](C)N3CCN(C)CC3)CC2)nc(N)n1. The number of ether oxygens (including phenoxy) is 1. The quantitative estimate of drug-likeness (QED) is 0.878. The van der Waals surface area contributed by atoms with Crippen LogP contribution in [0.3, 0.4) is 0 Å². The molecule has 0 spiro atoms. The summed E-state index contributed by atoms with van der Waals surface area (Å²) >= 11 is 0. The number of likely N-dealkylation sites (N-methyl/N-ethyl adjacent to an activating group) is 1. The van der Waals surface area contributed by atoms with Crippen LogP contribution in [0.15, 0.2) is 6.07 Å². The van der Waals surface area contributed by atoms with Crippen LogP contribution in [0.1, 0.15) is 19.8 Å². The summed E-state index contributed by atoms with van der Waals surface area (Å²) in [4.78, 5) is 15.8. The van der Waals surface area contributed by atoms with Gasteiger partial charge < -0.3 is 20.3 Å². The number of hydrogen-bond acceptors (Lipinski definition) is 7. The monoisotopic (exact) mass is 334 g/mol. The molecular weight excluding hydrogens is 304 g/mol. The maximum Gasteiger partial charge on any atom is 0.225 e. The Labute approximate surface area is 144 Å². The molecule has 0 aromatic carbocycles. The van der Waals surface area contributed by atoms with Crippen molar-refractivity contribution in [3.05, 3.63) is 6.07 Å². The topological polar surface area (TPSA) is 70.8 Å². The van der Waals surface area contributed by atoms with Crippen molar-refractivity contribution in [3.63, 3.8) is 0 Å². The average Bonchev–Trinajstić information content (AvgIpc) is 2.61. The van der Waals surface area contributed by atoms with Crippen molar-refractivity contribution in [3.8, 4) is 5.88 Å². The molecular formula is C17H30N6O. The van der Waals surface area contributed by atoms with Crippen LogP contribution < -0.4 is 15.4 Å². The second-order valence-electron chi connectivity index (χ2n) is 7.03. The minimum Gasteiger partial charge on any atom is -0.481 e. The minimum absolute atomic E-state index is 0.275. The Morgan fingerprint density at radius 1 is 1.12 bits per heavy atom. The molecule has 2 N–H and O–H groups in total. The van der Waals surface area contributed by atoms with Gasteiger partial charge in [0.2, 0.25) is 11.8 Å². The van der Waals surface area contributed by atoms with E-state index in [1.54, 1.807) is 7.11 Å². The molecule has 2 saturated heterocycles. The normalized spacial score (nSPS) is 22.5. The van der Waals surface area contributed by atoms with Gasteiger partial charge in [0.05, 0.1) is 7.11 Å². The molecule has 7 heteroatoms. The van der Waals surface area contributed by atoms with E-state index in [2.05, 4.69) is 38.6 Å². The molecule has 1 aromatic heterocycles. The minimum atomic E-state index is 0.275. The fourth-order valence-electron chi connectivity index (χ4n) is 3.84. The van der Waals surface area contributed by atoms with Crippen LogP contribution in [-0.4, -0.2) is 79.2 Å². The van der Waals surface area contributed by atoms with Crippen molar-refractivity contribution >= 4 is 11.8 Å². The second kappa shape index (κ2) is 7.53. The first kappa shape index (κ1) is 17.2. The van der Waals surface area contributed by atoms with Crippen LogP contribution in [0.4, 0.5) is 11.8 Å². The van der Waals surface area contributed by atoms with Gasteiger partial charge in [-0.15, -0.1) is 0 Å². The zero-order chi connectivity index (χ0) is 17.1. The summed E-state index contributed by atoms with van der Waals surface area (Å²) in [5.41, 5.74) is 5.79. The van der Waals surface area contributed by atoms with Gasteiger partial charge in [-0.05, 0) is 32.7 Å². The van der Waals surface area contributed by atoms with E-state index in [0.29, 0.717) is 11.9 Å². The molecule has 0 radical (unpaired) electrons. The standard InChI is InChI=1S/C17H30N6O/c1-13(22-10-8-21(2)9-11-22)14-4-6-23(7-5-14)15-12-16(24-3)20-17(18)19-15/h12-14H,4-11H2,1-3H3,(H2,18,19,20)/t13-/m0/s1. The van der Waals surface area contributed by atoms with Gasteiger partial charge in [0.1, 0.15) is 5.82 Å². The van der Waals surface area contributed by atoms with Crippen LogP contribution in [-0.2, 0) is 0 Å². The number of nitrogen functional groups attached to an aromatic ring is 1. The van der Waals surface area contributed by atoms with Crippen molar-refractivity contribution in [1.82, 2.24) is 19.8 Å². The van der Waals surface area contributed by atoms with Crippen LogP contribution >= 0.6 is 0 Å². The van der Waals surface area contributed by atoms with Crippen LogP contribution in [0, 0.1) is 5.92 Å². The highest BCUT2D eigenvalue weighted by Gasteiger charge is 2.29. The highest BCUT2D eigenvalue weighted by Crippen LogP contribution is 2.28. The van der Waals surface area contributed by atoms with Gasteiger partial charge in [-0.1, -0.05) is 0 Å². The number of piperidine rings is 1. The summed E-state index contributed by atoms with van der Waals surface area (Å²) in [6.07, 6.45) is 2.39. The zero-order valence-corrected chi connectivity index (χ0v) is 15.1. The number of nitrogens with two attached hydrogens (primary N) is 1. The second-order valence-corrected chi connectivity index (χ2v) is 7.03. The Kier molecular flexibility index (Phi) is 5.40. The number of aromatic nitrogens is 2. The molecule has 7 nitrogen and oxygen atoms in total. The highest BCUT2D eigenvalue weighted by atomic mass is 16.5. The molecule has 134 valence electrons. The number of nitrogens with zero attached hydrogens (tertiary/aromatic N) is 5. The van der Waals surface area contributed by atoms with Gasteiger partial charge in [0.15, 0.2) is 0 Å². The third-order valence-electron chi connectivity index (χ3n) is 5.58. The molecule has 0 saturated carbocycles. The van der Waals surface area contributed by atoms with E-state index < -0.39 is 0 Å². The fourth-order valence-corrected chi connectivity index (χ4v) is 3.84. The van der Waals surface area contributed by atoms with Gasteiger partial charge >= 0.3 is 0 Å². The largest absolute Gasteiger partial charge is 0.481 e. The Morgan fingerprint density at radius 2 is 1.79 bits per heavy atom. The predicted molar refractivity (Wildman–Crippen MR) is 96.5 cm³/mol. The first-order valence-corrected chi connectivity index (χ1v) is 8.93. The highest BCUT2D eigenvalue weighted by molar-refractivity contribution is 5.45. The number of piperazine rings is 1. The van der Waals surface area contributed by atoms with Crippen molar-refractivity contribution in [1.29, 1.82) is 0 Å². The zero-order valence-electron chi connectivity index (χ0n) is 15.1. The maximum absolute atomic E-state index is 5.79. The van der Waals surface area contributed by atoms with Crippen LogP contribution in [0.5, 0.6) is 5.88 Å². The van der Waals surface area contributed by atoms with E-state index in [-0.39, 0.29) is 5.95 Å². The van der Waals surface area contributed by atoms with Crippen molar-refractivity contribution in [2.75, 3.05) is 64.1 Å². The fraction of sp³-hybridized carbons (Fsp3) is 0.765. The van der Waals surface area contributed by atoms with Crippen molar-refractivity contribution in [2.45, 2.75) is 25.8 Å². The molecule has 3 heterocycles. The lowest BCUT2D eigenvalue weighted by molar-refractivity contribution is 0.0813.